The maximum absolute atomic E-state index is 13.3. The predicted octanol–water partition coefficient (Wildman–Crippen LogP) is 4.08. The average Bonchev–Trinajstić information content (AvgIpc) is 2.76. The molecule has 1 aromatic carbocycles. The van der Waals surface area contributed by atoms with Gasteiger partial charge in [0.05, 0.1) is 5.69 Å². The first kappa shape index (κ1) is 14.3. The Hall–Kier alpha value is -1.62. The van der Waals surface area contributed by atoms with Crippen LogP contribution in [0.4, 0.5) is 10.1 Å². The predicted molar refractivity (Wildman–Crippen MR) is 85.2 cm³/mol. The molecule has 1 fully saturated rings. The summed E-state index contributed by atoms with van der Waals surface area (Å²) in [6, 6.07) is 4.45. The molecule has 0 aliphatic heterocycles. The van der Waals surface area contributed by atoms with Gasteiger partial charge in [-0.3, -0.25) is 4.79 Å². The Morgan fingerprint density at radius 2 is 2.05 bits per heavy atom. The summed E-state index contributed by atoms with van der Waals surface area (Å²) in [6.07, 6.45) is 5.51. The van der Waals surface area contributed by atoms with E-state index in [1.165, 1.54) is 29.9 Å². The van der Waals surface area contributed by atoms with Crippen molar-refractivity contribution in [3.63, 3.8) is 0 Å². The van der Waals surface area contributed by atoms with Crippen LogP contribution in [-0.2, 0) is 0 Å². The SMILES string of the molecule is CC1(NC(=O)c2sc3ccc(F)cc3c2N)CCCCC1. The third-order valence-corrected chi connectivity index (χ3v) is 5.45. The zero-order chi connectivity index (χ0) is 15.0. The maximum Gasteiger partial charge on any atom is 0.263 e. The number of benzene rings is 1. The van der Waals surface area contributed by atoms with Crippen molar-refractivity contribution in [3.8, 4) is 0 Å². The van der Waals surface area contributed by atoms with Crippen LogP contribution < -0.4 is 11.1 Å². The van der Waals surface area contributed by atoms with Gasteiger partial charge in [-0.25, -0.2) is 4.39 Å². The highest BCUT2D eigenvalue weighted by Crippen LogP contribution is 2.35. The van der Waals surface area contributed by atoms with E-state index < -0.39 is 0 Å². The van der Waals surface area contributed by atoms with Gasteiger partial charge in [0.2, 0.25) is 0 Å². The van der Waals surface area contributed by atoms with E-state index >= 15 is 0 Å². The summed E-state index contributed by atoms with van der Waals surface area (Å²) in [4.78, 5) is 13.0. The minimum absolute atomic E-state index is 0.140. The van der Waals surface area contributed by atoms with Crippen LogP contribution in [0.1, 0.15) is 48.7 Å². The molecule has 1 amide bonds. The van der Waals surface area contributed by atoms with Crippen molar-refractivity contribution >= 4 is 33.0 Å². The summed E-state index contributed by atoms with van der Waals surface area (Å²) in [7, 11) is 0. The lowest BCUT2D eigenvalue weighted by Gasteiger charge is -2.34. The Kier molecular flexibility index (Phi) is 3.61. The van der Waals surface area contributed by atoms with Crippen LogP contribution in [0.3, 0.4) is 0 Å². The third-order valence-electron chi connectivity index (χ3n) is 4.27. The monoisotopic (exact) mass is 306 g/mol. The number of hydrogen-bond acceptors (Lipinski definition) is 3. The van der Waals surface area contributed by atoms with Crippen molar-refractivity contribution in [3.05, 3.63) is 28.9 Å². The van der Waals surface area contributed by atoms with Gasteiger partial charge in [-0.2, -0.15) is 0 Å². The van der Waals surface area contributed by atoms with E-state index in [9.17, 15) is 9.18 Å². The van der Waals surface area contributed by atoms with Crippen LogP contribution in [0.25, 0.3) is 10.1 Å². The Morgan fingerprint density at radius 3 is 2.76 bits per heavy atom. The molecule has 2 aromatic rings. The van der Waals surface area contributed by atoms with Gasteiger partial charge in [0, 0.05) is 15.6 Å². The van der Waals surface area contributed by atoms with E-state index in [4.69, 9.17) is 5.73 Å². The summed E-state index contributed by atoms with van der Waals surface area (Å²) in [5.74, 6) is -0.475. The van der Waals surface area contributed by atoms with Crippen LogP contribution in [-0.4, -0.2) is 11.4 Å². The Labute approximate surface area is 127 Å². The topological polar surface area (TPSA) is 55.1 Å². The Morgan fingerprint density at radius 1 is 1.33 bits per heavy atom. The number of anilines is 1. The minimum atomic E-state index is -0.335. The van der Waals surface area contributed by atoms with Gasteiger partial charge in [-0.1, -0.05) is 19.3 Å². The van der Waals surface area contributed by atoms with Crippen LogP contribution in [0.5, 0.6) is 0 Å². The molecule has 0 radical (unpaired) electrons. The van der Waals surface area contributed by atoms with E-state index in [0.717, 1.165) is 30.4 Å². The first-order chi connectivity index (χ1) is 9.98. The van der Waals surface area contributed by atoms with Gasteiger partial charge in [-0.05, 0) is 38.0 Å². The van der Waals surface area contributed by atoms with Crippen LogP contribution in [0.15, 0.2) is 18.2 Å². The standard InChI is InChI=1S/C16H19FN2OS/c1-16(7-3-2-4-8-16)19-15(20)14-13(18)11-9-10(17)5-6-12(11)21-14/h5-6,9H,2-4,7-8,18H2,1H3,(H,19,20). The lowest BCUT2D eigenvalue weighted by molar-refractivity contribution is 0.0888. The Balaban J connectivity index is 1.89. The van der Waals surface area contributed by atoms with Crippen molar-refractivity contribution in [2.75, 3.05) is 5.73 Å². The molecule has 1 saturated carbocycles. The molecule has 1 heterocycles. The van der Waals surface area contributed by atoms with Crippen molar-refractivity contribution < 1.29 is 9.18 Å². The number of hydrogen-bond donors (Lipinski definition) is 2. The molecular formula is C16H19FN2OS. The summed E-state index contributed by atoms with van der Waals surface area (Å²) < 4.78 is 14.1. The number of carbonyl (C=O) groups excluding carboxylic acids is 1. The second kappa shape index (κ2) is 5.30. The molecule has 3 rings (SSSR count). The van der Waals surface area contributed by atoms with Crippen LogP contribution in [0, 0.1) is 5.82 Å². The zero-order valence-corrected chi connectivity index (χ0v) is 12.9. The second-order valence-electron chi connectivity index (χ2n) is 6.06. The number of amides is 1. The van der Waals surface area contributed by atoms with Gasteiger partial charge in [0.1, 0.15) is 10.7 Å². The number of fused-ring (bicyclic) bond motifs is 1. The quantitative estimate of drug-likeness (QED) is 0.878. The van der Waals surface area contributed by atoms with Gasteiger partial charge in [0.15, 0.2) is 0 Å². The first-order valence-corrected chi connectivity index (χ1v) is 8.10. The van der Waals surface area contributed by atoms with E-state index in [2.05, 4.69) is 12.2 Å². The lowest BCUT2D eigenvalue weighted by Crippen LogP contribution is -2.47. The lowest BCUT2D eigenvalue weighted by atomic mass is 9.83. The number of thiophene rings is 1. The smallest absolute Gasteiger partial charge is 0.263 e. The van der Waals surface area contributed by atoms with Crippen molar-refractivity contribution in [1.82, 2.24) is 5.32 Å². The van der Waals surface area contributed by atoms with Gasteiger partial charge >= 0.3 is 0 Å². The molecule has 1 aliphatic rings. The summed E-state index contributed by atoms with van der Waals surface area (Å²) in [6.45, 7) is 2.09. The molecule has 5 heteroatoms. The fourth-order valence-corrected chi connectivity index (χ4v) is 4.04. The molecular weight excluding hydrogens is 287 g/mol. The molecule has 0 atom stereocenters. The summed E-state index contributed by atoms with van der Waals surface area (Å²) in [5, 5.41) is 3.75. The van der Waals surface area contributed by atoms with Gasteiger partial charge in [0.25, 0.3) is 5.91 Å². The third kappa shape index (κ3) is 2.75. The highest BCUT2D eigenvalue weighted by atomic mass is 32.1. The highest BCUT2D eigenvalue weighted by Gasteiger charge is 2.30. The summed E-state index contributed by atoms with van der Waals surface area (Å²) >= 11 is 1.32. The molecule has 3 N–H and O–H groups in total. The molecule has 0 saturated heterocycles. The normalized spacial score (nSPS) is 17.8. The van der Waals surface area contributed by atoms with Crippen molar-refractivity contribution in [2.45, 2.75) is 44.6 Å². The largest absolute Gasteiger partial charge is 0.397 e. The van der Waals surface area contributed by atoms with Gasteiger partial charge in [-0.15, -0.1) is 11.3 Å². The zero-order valence-electron chi connectivity index (χ0n) is 12.0. The highest BCUT2D eigenvalue weighted by molar-refractivity contribution is 7.21. The maximum atomic E-state index is 13.3. The fraction of sp³-hybridized carbons (Fsp3) is 0.438. The van der Waals surface area contributed by atoms with E-state index in [-0.39, 0.29) is 17.3 Å². The molecule has 3 nitrogen and oxygen atoms in total. The summed E-state index contributed by atoms with van der Waals surface area (Å²) in [5.41, 5.74) is 6.27. The molecule has 1 aromatic heterocycles. The van der Waals surface area contributed by atoms with E-state index in [1.54, 1.807) is 6.07 Å². The molecule has 0 bridgehead atoms. The molecule has 21 heavy (non-hydrogen) atoms. The first-order valence-electron chi connectivity index (χ1n) is 7.29. The second-order valence-corrected chi connectivity index (χ2v) is 7.11. The van der Waals surface area contributed by atoms with Crippen LogP contribution >= 0.6 is 11.3 Å². The fourth-order valence-electron chi connectivity index (χ4n) is 3.05. The van der Waals surface area contributed by atoms with E-state index in [0.29, 0.717) is 16.0 Å². The number of rotatable bonds is 2. The molecule has 1 aliphatic carbocycles. The number of nitrogens with two attached hydrogens (primary N) is 1. The van der Waals surface area contributed by atoms with Crippen molar-refractivity contribution in [2.24, 2.45) is 0 Å². The molecule has 0 spiro atoms. The number of halogens is 1. The number of nitrogen functional groups attached to an aromatic ring is 1. The Bertz CT molecular complexity index is 689. The average molecular weight is 306 g/mol. The van der Waals surface area contributed by atoms with Gasteiger partial charge < -0.3 is 11.1 Å². The number of nitrogens with one attached hydrogen (secondary N) is 1. The minimum Gasteiger partial charge on any atom is -0.397 e. The van der Waals surface area contributed by atoms with Crippen LogP contribution in [0.2, 0.25) is 0 Å². The van der Waals surface area contributed by atoms with Crippen molar-refractivity contribution in [1.29, 1.82) is 0 Å². The number of carbonyl (C=O) groups is 1. The molecule has 0 unspecified atom stereocenters. The van der Waals surface area contributed by atoms with E-state index in [1.807, 2.05) is 0 Å². The molecule has 112 valence electrons.